The molecule has 0 aromatic heterocycles. The Morgan fingerprint density at radius 3 is 2.55 bits per heavy atom. The van der Waals surface area contributed by atoms with Crippen LogP contribution in [0.15, 0.2) is 23.3 Å². The van der Waals surface area contributed by atoms with Gasteiger partial charge in [0, 0.05) is 5.57 Å². The predicted octanol–water partition coefficient (Wildman–Crippen LogP) is 2.63. The average Bonchev–Trinajstić information content (AvgIpc) is 2.04. The fourth-order valence-corrected chi connectivity index (χ4v) is 1.43. The number of ketones is 1. The van der Waals surface area contributed by atoms with Crippen LogP contribution in [0.2, 0.25) is 0 Å². The monoisotopic (exact) mass is 150 g/mol. The Labute approximate surface area is 67.8 Å². The first-order chi connectivity index (χ1) is 5.25. The number of carbonyl (C=O) groups excluding carboxylic acids is 1. The summed E-state index contributed by atoms with van der Waals surface area (Å²) in [5.74, 6) is 0.206. The zero-order valence-corrected chi connectivity index (χ0v) is 7.18. The quantitative estimate of drug-likeness (QED) is 0.591. The summed E-state index contributed by atoms with van der Waals surface area (Å²) >= 11 is 0. The van der Waals surface area contributed by atoms with Gasteiger partial charge >= 0.3 is 0 Å². The fraction of sp³-hybridized carbons (Fsp3) is 0.500. The van der Waals surface area contributed by atoms with Gasteiger partial charge in [0.1, 0.15) is 0 Å². The predicted molar refractivity (Wildman–Crippen MR) is 46.4 cm³/mol. The van der Waals surface area contributed by atoms with E-state index in [2.05, 4.69) is 19.1 Å². The summed E-state index contributed by atoms with van der Waals surface area (Å²) in [7, 11) is 0. The third-order valence-corrected chi connectivity index (χ3v) is 2.01. The molecule has 60 valence electrons. The zero-order valence-electron chi connectivity index (χ0n) is 7.18. The lowest BCUT2D eigenvalue weighted by Gasteiger charge is -2.11. The van der Waals surface area contributed by atoms with E-state index in [1.165, 1.54) is 5.57 Å². The van der Waals surface area contributed by atoms with Gasteiger partial charge in [0.15, 0.2) is 5.78 Å². The Hall–Kier alpha value is -0.850. The van der Waals surface area contributed by atoms with E-state index in [1.54, 1.807) is 6.92 Å². The Kier molecular flexibility index (Phi) is 2.64. The van der Waals surface area contributed by atoms with Gasteiger partial charge in [-0.25, -0.2) is 0 Å². The number of Topliss-reactive ketones (excluding diaryl/α,β-unsaturated/α-hetero) is 1. The molecule has 0 radical (unpaired) electrons. The van der Waals surface area contributed by atoms with E-state index < -0.39 is 0 Å². The third-order valence-electron chi connectivity index (χ3n) is 2.01. The first-order valence-corrected chi connectivity index (χ1v) is 4.16. The molecule has 0 fully saturated rings. The lowest BCUT2D eigenvalue weighted by molar-refractivity contribution is -0.113. The Morgan fingerprint density at radius 1 is 1.45 bits per heavy atom. The third kappa shape index (κ3) is 1.79. The summed E-state index contributed by atoms with van der Waals surface area (Å²) < 4.78 is 0. The first-order valence-electron chi connectivity index (χ1n) is 4.16. The van der Waals surface area contributed by atoms with Crippen LogP contribution in [-0.2, 0) is 4.79 Å². The average molecular weight is 150 g/mol. The van der Waals surface area contributed by atoms with Crippen LogP contribution in [0.4, 0.5) is 0 Å². The normalized spacial score (nSPS) is 17.3. The molecule has 0 aromatic rings. The molecule has 0 spiro atoms. The molecule has 1 rings (SSSR count). The number of carbonyl (C=O) groups is 1. The number of rotatable bonds is 2. The highest BCUT2D eigenvalue weighted by Crippen LogP contribution is 2.21. The minimum absolute atomic E-state index is 0.206. The molecule has 0 aromatic carbocycles. The van der Waals surface area contributed by atoms with Crippen LogP contribution >= 0.6 is 0 Å². The van der Waals surface area contributed by atoms with Gasteiger partial charge < -0.3 is 0 Å². The van der Waals surface area contributed by atoms with Crippen molar-refractivity contribution in [2.75, 3.05) is 0 Å². The highest BCUT2D eigenvalue weighted by atomic mass is 16.1. The van der Waals surface area contributed by atoms with E-state index in [4.69, 9.17) is 0 Å². The van der Waals surface area contributed by atoms with Crippen molar-refractivity contribution in [3.05, 3.63) is 23.3 Å². The molecule has 0 amide bonds. The highest BCUT2D eigenvalue weighted by Gasteiger charge is 2.10. The molecule has 1 aliphatic rings. The van der Waals surface area contributed by atoms with Gasteiger partial charge in [0.2, 0.25) is 0 Å². The van der Waals surface area contributed by atoms with Crippen molar-refractivity contribution < 1.29 is 4.79 Å². The molecular weight excluding hydrogens is 136 g/mol. The molecule has 0 N–H and O–H groups in total. The Balaban J connectivity index is 2.83. The second-order valence-corrected chi connectivity index (χ2v) is 2.83. The van der Waals surface area contributed by atoms with E-state index in [0.29, 0.717) is 0 Å². The zero-order chi connectivity index (χ0) is 8.27. The van der Waals surface area contributed by atoms with Gasteiger partial charge in [-0.15, -0.1) is 0 Å². The molecular formula is C10H14O. The van der Waals surface area contributed by atoms with Gasteiger partial charge in [-0.2, -0.15) is 0 Å². The second kappa shape index (κ2) is 3.51. The molecule has 0 saturated heterocycles. The lowest BCUT2D eigenvalue weighted by atomic mass is 9.93. The topological polar surface area (TPSA) is 17.1 Å². The summed E-state index contributed by atoms with van der Waals surface area (Å²) in [5, 5.41) is 0. The van der Waals surface area contributed by atoms with E-state index in [1.807, 2.05) is 0 Å². The van der Waals surface area contributed by atoms with Gasteiger partial charge in [-0.3, -0.25) is 4.79 Å². The van der Waals surface area contributed by atoms with Gasteiger partial charge in [-0.05, 0) is 31.8 Å². The van der Waals surface area contributed by atoms with Gasteiger partial charge in [0.25, 0.3) is 0 Å². The van der Waals surface area contributed by atoms with Crippen LogP contribution in [-0.4, -0.2) is 5.78 Å². The van der Waals surface area contributed by atoms with Crippen molar-refractivity contribution in [2.24, 2.45) is 0 Å². The van der Waals surface area contributed by atoms with E-state index in [0.717, 1.165) is 24.8 Å². The molecule has 11 heavy (non-hydrogen) atoms. The van der Waals surface area contributed by atoms with Crippen LogP contribution in [0.1, 0.15) is 33.1 Å². The Morgan fingerprint density at radius 2 is 2.09 bits per heavy atom. The van der Waals surface area contributed by atoms with E-state index in [9.17, 15) is 4.79 Å². The minimum Gasteiger partial charge on any atom is -0.295 e. The second-order valence-electron chi connectivity index (χ2n) is 2.83. The van der Waals surface area contributed by atoms with Crippen molar-refractivity contribution in [2.45, 2.75) is 33.1 Å². The molecule has 0 saturated carbocycles. The van der Waals surface area contributed by atoms with Crippen LogP contribution < -0.4 is 0 Å². The minimum atomic E-state index is 0.206. The summed E-state index contributed by atoms with van der Waals surface area (Å²) in [6.07, 6.45) is 7.34. The number of allylic oxidation sites excluding steroid dienone is 4. The Bertz CT molecular complexity index is 221. The largest absolute Gasteiger partial charge is 0.295 e. The maximum absolute atomic E-state index is 11.1. The van der Waals surface area contributed by atoms with Crippen molar-refractivity contribution >= 4 is 5.78 Å². The molecule has 0 unspecified atom stereocenters. The van der Waals surface area contributed by atoms with Crippen molar-refractivity contribution in [1.82, 2.24) is 0 Å². The number of hydrogen-bond acceptors (Lipinski definition) is 1. The summed E-state index contributed by atoms with van der Waals surface area (Å²) in [4.78, 5) is 11.1. The van der Waals surface area contributed by atoms with E-state index >= 15 is 0 Å². The standard InChI is InChI=1S/C10H14O/c1-3-9-6-4-5-7-10(9)8(2)11/h6-7H,3-5H2,1-2H3. The molecule has 1 heteroatoms. The maximum atomic E-state index is 11.1. The van der Waals surface area contributed by atoms with Crippen molar-refractivity contribution in [3.63, 3.8) is 0 Å². The number of hydrogen-bond donors (Lipinski definition) is 0. The SMILES string of the molecule is CCC1=CCCC=C1C(C)=O. The highest BCUT2D eigenvalue weighted by molar-refractivity contribution is 5.97. The van der Waals surface area contributed by atoms with Gasteiger partial charge in [0.05, 0.1) is 0 Å². The van der Waals surface area contributed by atoms with Crippen LogP contribution in [0.25, 0.3) is 0 Å². The molecule has 0 atom stereocenters. The van der Waals surface area contributed by atoms with Crippen molar-refractivity contribution in [3.8, 4) is 0 Å². The smallest absolute Gasteiger partial charge is 0.159 e. The molecule has 0 bridgehead atoms. The fourth-order valence-electron chi connectivity index (χ4n) is 1.43. The molecule has 1 aliphatic carbocycles. The van der Waals surface area contributed by atoms with Crippen LogP contribution in [0.3, 0.4) is 0 Å². The maximum Gasteiger partial charge on any atom is 0.159 e. The van der Waals surface area contributed by atoms with Crippen LogP contribution in [0, 0.1) is 0 Å². The molecule has 1 nitrogen and oxygen atoms in total. The van der Waals surface area contributed by atoms with Crippen LogP contribution in [0.5, 0.6) is 0 Å². The van der Waals surface area contributed by atoms with E-state index in [-0.39, 0.29) is 5.78 Å². The summed E-state index contributed by atoms with van der Waals surface area (Å²) in [6, 6.07) is 0. The molecule has 0 aliphatic heterocycles. The summed E-state index contributed by atoms with van der Waals surface area (Å²) in [5.41, 5.74) is 2.17. The molecule has 0 heterocycles. The summed E-state index contributed by atoms with van der Waals surface area (Å²) in [6.45, 7) is 3.73. The first kappa shape index (κ1) is 8.25. The lowest BCUT2D eigenvalue weighted by Crippen LogP contribution is -2.02. The van der Waals surface area contributed by atoms with Gasteiger partial charge in [-0.1, -0.05) is 19.1 Å². The van der Waals surface area contributed by atoms with Crippen molar-refractivity contribution in [1.29, 1.82) is 0 Å².